The molecule has 4 heteroatoms. The Morgan fingerprint density at radius 2 is 0.939 bits per heavy atom. The molecule has 0 saturated heterocycles. The third kappa shape index (κ3) is 4.49. The normalized spacial score (nSPS) is 11.9. The number of hydrogen-bond donors (Lipinski definition) is 0. The molecule has 3 heterocycles. The highest BCUT2D eigenvalue weighted by Crippen LogP contribution is 2.38. The molecule has 0 saturated carbocycles. The van der Waals surface area contributed by atoms with Gasteiger partial charge < -0.3 is 8.83 Å². The van der Waals surface area contributed by atoms with Crippen LogP contribution in [0.1, 0.15) is 12.7 Å². The Morgan fingerprint density at radius 3 is 1.53 bits per heavy atom. The molecular weight excluding hydrogens is 601 g/mol. The molecule has 0 N–H and O–H groups in total. The summed E-state index contributed by atoms with van der Waals surface area (Å²) >= 11 is 0. The zero-order valence-corrected chi connectivity index (χ0v) is 26.9. The number of rotatable bonds is 5. The topological polar surface area (TPSA) is 44.1 Å². The van der Waals surface area contributed by atoms with Gasteiger partial charge in [-0.15, -0.1) is 0 Å². The zero-order valence-electron chi connectivity index (χ0n) is 26.9. The summed E-state index contributed by atoms with van der Waals surface area (Å²) in [6.07, 6.45) is 0.856. The van der Waals surface area contributed by atoms with Gasteiger partial charge in [0.1, 0.15) is 28.2 Å². The number of nitrogens with zero attached hydrogens (tertiary/aromatic N) is 2. The lowest BCUT2D eigenvalue weighted by Crippen LogP contribution is -1.99. The highest BCUT2D eigenvalue weighted by molar-refractivity contribution is 6.07. The molecule has 0 radical (unpaired) electrons. The Balaban J connectivity index is 1.14. The van der Waals surface area contributed by atoms with Crippen LogP contribution in [0.15, 0.2) is 160 Å². The molecule has 3 aromatic heterocycles. The molecule has 0 aliphatic carbocycles. The van der Waals surface area contributed by atoms with Crippen LogP contribution < -0.4 is 0 Å². The first-order valence-electron chi connectivity index (χ1n) is 16.8. The van der Waals surface area contributed by atoms with Crippen LogP contribution in [0.4, 0.5) is 0 Å². The van der Waals surface area contributed by atoms with Crippen LogP contribution in [0.3, 0.4) is 0 Å². The number of hydrogen-bond acceptors (Lipinski definition) is 3. The third-order valence-electron chi connectivity index (χ3n) is 9.76. The van der Waals surface area contributed by atoms with E-state index in [4.69, 9.17) is 13.8 Å². The maximum Gasteiger partial charge on any atom is 0.135 e. The molecule has 0 atom stereocenters. The van der Waals surface area contributed by atoms with Crippen LogP contribution in [0.5, 0.6) is 0 Å². The van der Waals surface area contributed by atoms with Gasteiger partial charge in [0, 0.05) is 33.7 Å². The number of aryl methyl sites for hydroxylation is 1. The highest BCUT2D eigenvalue weighted by atomic mass is 16.3. The second-order valence-electron chi connectivity index (χ2n) is 12.7. The fraction of sp³-hybridized carbons (Fsp3) is 0.0444. The van der Waals surface area contributed by atoms with Gasteiger partial charge in [0.15, 0.2) is 0 Å². The smallest absolute Gasteiger partial charge is 0.135 e. The second kappa shape index (κ2) is 10.8. The van der Waals surface area contributed by atoms with E-state index < -0.39 is 0 Å². The molecule has 49 heavy (non-hydrogen) atoms. The quantitative estimate of drug-likeness (QED) is 0.190. The molecule has 0 unspecified atom stereocenters. The minimum Gasteiger partial charge on any atom is -0.456 e. The SMILES string of the molecule is CCc1nc2ccccc2n1-c1ccc(-c2cc(-c3ccc4oc5ccccc5c4c3)cc(-c3ccc4oc5ccccc5c4c3)c2)cc1. The second-order valence-corrected chi connectivity index (χ2v) is 12.7. The van der Waals surface area contributed by atoms with Crippen LogP contribution in [-0.2, 0) is 6.42 Å². The van der Waals surface area contributed by atoms with Crippen LogP contribution in [0, 0.1) is 0 Å². The van der Waals surface area contributed by atoms with Gasteiger partial charge in [0.05, 0.1) is 11.0 Å². The van der Waals surface area contributed by atoms with Crippen LogP contribution in [-0.4, -0.2) is 9.55 Å². The fourth-order valence-electron chi connectivity index (χ4n) is 7.34. The van der Waals surface area contributed by atoms with Gasteiger partial charge in [-0.1, -0.05) is 79.7 Å². The molecule has 0 aliphatic rings. The van der Waals surface area contributed by atoms with E-state index in [0.29, 0.717) is 0 Å². The molecule has 0 bridgehead atoms. The van der Waals surface area contributed by atoms with Crippen molar-refractivity contribution >= 4 is 54.9 Å². The Morgan fingerprint density at radius 1 is 0.449 bits per heavy atom. The number of para-hydroxylation sites is 4. The lowest BCUT2D eigenvalue weighted by Gasteiger charge is -2.13. The van der Waals surface area contributed by atoms with Gasteiger partial charge in [-0.2, -0.15) is 0 Å². The van der Waals surface area contributed by atoms with Crippen molar-refractivity contribution in [1.82, 2.24) is 9.55 Å². The van der Waals surface area contributed by atoms with Crippen molar-refractivity contribution in [2.24, 2.45) is 0 Å². The van der Waals surface area contributed by atoms with Crippen LogP contribution in [0.25, 0.3) is 94.0 Å². The molecule has 0 fully saturated rings. The maximum absolute atomic E-state index is 6.17. The van der Waals surface area contributed by atoms with E-state index in [1.165, 1.54) is 0 Å². The van der Waals surface area contributed by atoms with E-state index in [9.17, 15) is 0 Å². The van der Waals surface area contributed by atoms with Crippen molar-refractivity contribution < 1.29 is 8.83 Å². The third-order valence-corrected chi connectivity index (χ3v) is 9.76. The molecule has 0 amide bonds. The monoisotopic (exact) mass is 630 g/mol. The number of benzene rings is 7. The predicted octanol–water partition coefficient (Wildman–Crippen LogP) is 12.4. The average Bonchev–Trinajstić information content (AvgIpc) is 3.85. The Hall–Kier alpha value is -6.39. The fourth-order valence-corrected chi connectivity index (χ4v) is 7.34. The summed E-state index contributed by atoms with van der Waals surface area (Å²) in [5.41, 5.74) is 13.7. The van der Waals surface area contributed by atoms with Crippen molar-refractivity contribution in [3.05, 3.63) is 157 Å². The van der Waals surface area contributed by atoms with E-state index in [1.54, 1.807) is 0 Å². The first-order valence-corrected chi connectivity index (χ1v) is 16.8. The summed E-state index contributed by atoms with van der Waals surface area (Å²) in [6, 6.07) is 53.7. The standard InChI is InChI=1S/C45H30N2O2/c1-2-45-46-39-11-5-6-12-40(39)47(45)34-19-15-28(16-20-34)31-23-32(29-17-21-43-37(26-29)35-9-3-7-13-41(35)48-43)25-33(24-31)30-18-22-44-38(27-30)36-10-4-8-14-42(36)49-44/h3-27H,2H2,1H3. The van der Waals surface area contributed by atoms with E-state index in [1.807, 2.05) is 30.3 Å². The molecule has 0 spiro atoms. The molecule has 4 nitrogen and oxygen atoms in total. The summed E-state index contributed by atoms with van der Waals surface area (Å²) < 4.78 is 14.6. The largest absolute Gasteiger partial charge is 0.456 e. The Labute approximate surface area is 282 Å². The minimum absolute atomic E-state index is 0.856. The lowest BCUT2D eigenvalue weighted by atomic mass is 9.92. The zero-order chi connectivity index (χ0) is 32.5. The Kier molecular flexibility index (Phi) is 6.12. The molecule has 232 valence electrons. The number of fused-ring (bicyclic) bond motifs is 7. The van der Waals surface area contributed by atoms with Gasteiger partial charge in [-0.25, -0.2) is 4.98 Å². The van der Waals surface area contributed by atoms with Crippen LogP contribution in [0.2, 0.25) is 0 Å². The maximum atomic E-state index is 6.17. The summed E-state index contributed by atoms with van der Waals surface area (Å²) in [7, 11) is 0. The van der Waals surface area contributed by atoms with E-state index in [0.717, 1.165) is 106 Å². The number of furan rings is 2. The van der Waals surface area contributed by atoms with Crippen molar-refractivity contribution in [2.75, 3.05) is 0 Å². The van der Waals surface area contributed by atoms with E-state index >= 15 is 0 Å². The van der Waals surface area contributed by atoms with Gasteiger partial charge in [-0.3, -0.25) is 4.57 Å². The lowest BCUT2D eigenvalue weighted by molar-refractivity contribution is 0.668. The van der Waals surface area contributed by atoms with Crippen molar-refractivity contribution in [1.29, 1.82) is 0 Å². The molecule has 10 aromatic rings. The van der Waals surface area contributed by atoms with Gasteiger partial charge in [0.2, 0.25) is 0 Å². The summed E-state index contributed by atoms with van der Waals surface area (Å²) in [5.74, 6) is 1.06. The van der Waals surface area contributed by atoms with Crippen molar-refractivity contribution in [3.8, 4) is 39.1 Å². The Bertz CT molecular complexity index is 2740. The summed E-state index contributed by atoms with van der Waals surface area (Å²) in [6.45, 7) is 2.16. The van der Waals surface area contributed by atoms with Crippen molar-refractivity contribution in [2.45, 2.75) is 13.3 Å². The highest BCUT2D eigenvalue weighted by Gasteiger charge is 2.15. The van der Waals surface area contributed by atoms with Crippen LogP contribution >= 0.6 is 0 Å². The molecule has 7 aromatic carbocycles. The first kappa shape index (κ1) is 27.7. The van der Waals surface area contributed by atoms with Gasteiger partial charge in [0.25, 0.3) is 0 Å². The summed E-state index contributed by atoms with van der Waals surface area (Å²) in [4.78, 5) is 4.90. The molecular formula is C45H30N2O2. The molecule has 0 aliphatic heterocycles. The first-order chi connectivity index (χ1) is 24.2. The van der Waals surface area contributed by atoms with E-state index in [2.05, 4.69) is 133 Å². The van der Waals surface area contributed by atoms with Gasteiger partial charge in [-0.05, 0) is 112 Å². The minimum atomic E-state index is 0.856. The van der Waals surface area contributed by atoms with Crippen molar-refractivity contribution in [3.63, 3.8) is 0 Å². The average molecular weight is 631 g/mol. The van der Waals surface area contributed by atoms with Gasteiger partial charge >= 0.3 is 0 Å². The molecule has 10 rings (SSSR count). The summed E-state index contributed by atoms with van der Waals surface area (Å²) in [5, 5.41) is 4.49. The number of imidazole rings is 1. The number of aromatic nitrogens is 2. The van der Waals surface area contributed by atoms with E-state index in [-0.39, 0.29) is 0 Å². The predicted molar refractivity (Wildman–Crippen MR) is 201 cm³/mol.